The maximum absolute atomic E-state index is 4.08. The molecule has 0 bridgehead atoms. The van der Waals surface area contributed by atoms with Gasteiger partial charge in [0.1, 0.15) is 0 Å². The van der Waals surface area contributed by atoms with Gasteiger partial charge in [-0.05, 0) is 124 Å². The van der Waals surface area contributed by atoms with Crippen LogP contribution in [0.1, 0.15) is 24.0 Å². The summed E-state index contributed by atoms with van der Waals surface area (Å²) in [5.74, 6) is 0. The first-order valence-corrected chi connectivity index (χ1v) is 14.7. The Hall–Kier alpha value is -5.20. The Balaban J connectivity index is 1.54. The van der Waals surface area contributed by atoms with E-state index in [1.807, 2.05) is 12.2 Å². The van der Waals surface area contributed by atoms with Crippen LogP contribution < -0.4 is 10.4 Å². The van der Waals surface area contributed by atoms with Crippen LogP contribution in [0.15, 0.2) is 122 Å². The molecule has 8 rings (SSSR count). The molecule has 1 aliphatic rings. The number of hydrogen-bond donors (Lipinski definition) is 0. The van der Waals surface area contributed by atoms with Gasteiger partial charge in [0, 0.05) is 0 Å². The van der Waals surface area contributed by atoms with Gasteiger partial charge in [0.25, 0.3) is 0 Å². The zero-order chi connectivity index (χ0) is 28.2. The van der Waals surface area contributed by atoms with Gasteiger partial charge >= 0.3 is 0 Å². The van der Waals surface area contributed by atoms with E-state index in [2.05, 4.69) is 135 Å². The first-order valence-electron chi connectivity index (χ1n) is 14.7. The van der Waals surface area contributed by atoms with Crippen molar-refractivity contribution in [3.63, 3.8) is 0 Å². The fourth-order valence-corrected chi connectivity index (χ4v) is 7.05. The summed E-state index contributed by atoms with van der Waals surface area (Å²) in [5.41, 5.74) is 7.22. The Kier molecular flexibility index (Phi) is 5.69. The third kappa shape index (κ3) is 3.69. The minimum Gasteiger partial charge on any atom is -0.0984 e. The summed E-state index contributed by atoms with van der Waals surface area (Å²) < 4.78 is 0. The SMILES string of the molecule is C=Cc1ccc(-c2c3ccccc3c(-c3cc4cc5c(cc4c4ccccc34)=CCCC=5)c3ccccc23)cc1C=C. The van der Waals surface area contributed by atoms with Crippen LogP contribution in [-0.4, -0.2) is 0 Å². The number of rotatable bonds is 4. The average Bonchev–Trinajstić information content (AvgIpc) is 3.05. The van der Waals surface area contributed by atoms with Crippen LogP contribution in [0.4, 0.5) is 0 Å². The lowest BCUT2D eigenvalue weighted by Crippen LogP contribution is -2.26. The fraction of sp³-hybridized carbons (Fsp3) is 0.0476. The topological polar surface area (TPSA) is 0 Å². The molecule has 198 valence electrons. The van der Waals surface area contributed by atoms with E-state index in [4.69, 9.17) is 0 Å². The quantitative estimate of drug-likeness (QED) is 0.156. The lowest BCUT2D eigenvalue weighted by molar-refractivity contribution is 1.12. The lowest BCUT2D eigenvalue weighted by Gasteiger charge is -2.20. The molecule has 0 amide bonds. The van der Waals surface area contributed by atoms with Crippen LogP contribution in [0.25, 0.3) is 89.6 Å². The van der Waals surface area contributed by atoms with Gasteiger partial charge in [0.2, 0.25) is 0 Å². The Bertz CT molecular complexity index is 2330. The first kappa shape index (κ1) is 24.6. The molecule has 0 aromatic heterocycles. The standard InChI is InChI=1S/C42H30/c1-3-27-21-22-31(23-28(27)4-2)41-35-17-9-11-19-37(35)42(38-20-12-10-18-36(38)41)40-26-32-24-29-13-5-6-14-30(29)25-39(32)33-15-7-8-16-34(33)40/h3-4,7-26H,1-2,5-6H2. The van der Waals surface area contributed by atoms with E-state index in [9.17, 15) is 0 Å². The maximum atomic E-state index is 4.08. The van der Waals surface area contributed by atoms with Crippen molar-refractivity contribution >= 4 is 67.4 Å². The van der Waals surface area contributed by atoms with Crippen molar-refractivity contribution in [3.05, 3.63) is 144 Å². The predicted molar refractivity (Wildman–Crippen MR) is 185 cm³/mol. The van der Waals surface area contributed by atoms with Crippen molar-refractivity contribution in [1.82, 2.24) is 0 Å². The fourth-order valence-electron chi connectivity index (χ4n) is 7.05. The molecule has 0 unspecified atom stereocenters. The first-order chi connectivity index (χ1) is 20.7. The summed E-state index contributed by atoms with van der Waals surface area (Å²) >= 11 is 0. The second-order valence-corrected chi connectivity index (χ2v) is 11.3. The molecule has 1 aliphatic carbocycles. The Labute approximate surface area is 245 Å². The summed E-state index contributed by atoms with van der Waals surface area (Å²) in [7, 11) is 0. The van der Waals surface area contributed by atoms with Crippen LogP contribution in [0, 0.1) is 0 Å². The zero-order valence-electron chi connectivity index (χ0n) is 23.5. The minimum absolute atomic E-state index is 1.10. The third-order valence-corrected chi connectivity index (χ3v) is 8.97. The van der Waals surface area contributed by atoms with Crippen molar-refractivity contribution in [2.75, 3.05) is 0 Å². The van der Waals surface area contributed by atoms with Crippen molar-refractivity contribution in [2.24, 2.45) is 0 Å². The second-order valence-electron chi connectivity index (χ2n) is 11.3. The van der Waals surface area contributed by atoms with Crippen LogP contribution in [0.5, 0.6) is 0 Å². The molecular weight excluding hydrogens is 504 g/mol. The molecule has 0 saturated carbocycles. The molecule has 0 heterocycles. The van der Waals surface area contributed by atoms with Gasteiger partial charge in [-0.25, -0.2) is 0 Å². The van der Waals surface area contributed by atoms with Crippen molar-refractivity contribution in [1.29, 1.82) is 0 Å². The van der Waals surface area contributed by atoms with Crippen molar-refractivity contribution in [2.45, 2.75) is 12.8 Å². The summed E-state index contributed by atoms with van der Waals surface area (Å²) in [5, 5.41) is 13.0. The predicted octanol–water partition coefficient (Wildman–Crippen LogP) is 10.3. The molecule has 0 nitrogen and oxygen atoms in total. The molecule has 42 heavy (non-hydrogen) atoms. The van der Waals surface area contributed by atoms with Gasteiger partial charge in [0.15, 0.2) is 0 Å². The summed E-state index contributed by atoms with van der Waals surface area (Å²) in [6, 6.07) is 40.6. The van der Waals surface area contributed by atoms with Crippen LogP contribution in [0.2, 0.25) is 0 Å². The Morgan fingerprint density at radius 3 is 1.62 bits per heavy atom. The van der Waals surface area contributed by atoms with Crippen molar-refractivity contribution < 1.29 is 0 Å². The van der Waals surface area contributed by atoms with E-state index in [-0.39, 0.29) is 0 Å². The minimum atomic E-state index is 1.10. The van der Waals surface area contributed by atoms with Gasteiger partial charge in [-0.2, -0.15) is 0 Å². The molecule has 0 saturated heterocycles. The summed E-state index contributed by atoms with van der Waals surface area (Å²) in [6.07, 6.45) is 10.8. The largest absolute Gasteiger partial charge is 0.0984 e. The zero-order valence-corrected chi connectivity index (χ0v) is 23.5. The molecule has 0 spiro atoms. The van der Waals surface area contributed by atoms with E-state index in [1.165, 1.54) is 75.8 Å². The summed E-state index contributed by atoms with van der Waals surface area (Å²) in [6.45, 7) is 8.09. The average molecular weight is 535 g/mol. The molecule has 0 fully saturated rings. The highest BCUT2D eigenvalue weighted by molar-refractivity contribution is 6.25. The monoisotopic (exact) mass is 534 g/mol. The third-order valence-electron chi connectivity index (χ3n) is 8.97. The molecular formula is C42H30. The van der Waals surface area contributed by atoms with Gasteiger partial charge in [-0.15, -0.1) is 0 Å². The van der Waals surface area contributed by atoms with E-state index in [1.54, 1.807) is 0 Å². The Morgan fingerprint density at radius 2 is 1.00 bits per heavy atom. The van der Waals surface area contributed by atoms with Gasteiger partial charge in [-0.1, -0.05) is 122 Å². The highest BCUT2D eigenvalue weighted by Crippen LogP contribution is 2.46. The van der Waals surface area contributed by atoms with Crippen molar-refractivity contribution in [3.8, 4) is 22.3 Å². The molecule has 7 aromatic carbocycles. The van der Waals surface area contributed by atoms with Gasteiger partial charge in [0.05, 0.1) is 0 Å². The van der Waals surface area contributed by atoms with E-state index < -0.39 is 0 Å². The molecule has 0 aliphatic heterocycles. The highest BCUT2D eigenvalue weighted by Gasteiger charge is 2.19. The lowest BCUT2D eigenvalue weighted by atomic mass is 9.83. The number of fused-ring (bicyclic) bond motifs is 6. The van der Waals surface area contributed by atoms with E-state index in [0.29, 0.717) is 0 Å². The molecule has 0 heteroatoms. The van der Waals surface area contributed by atoms with Crippen LogP contribution >= 0.6 is 0 Å². The second kappa shape index (κ2) is 9.72. The van der Waals surface area contributed by atoms with Gasteiger partial charge < -0.3 is 0 Å². The number of benzene rings is 7. The molecule has 7 aromatic rings. The van der Waals surface area contributed by atoms with E-state index in [0.717, 1.165) is 24.0 Å². The van der Waals surface area contributed by atoms with Crippen LogP contribution in [-0.2, 0) is 0 Å². The summed E-state index contributed by atoms with van der Waals surface area (Å²) in [4.78, 5) is 0. The smallest absolute Gasteiger partial charge is 0.00199 e. The normalized spacial score (nSPS) is 12.7. The van der Waals surface area contributed by atoms with Gasteiger partial charge in [-0.3, -0.25) is 0 Å². The maximum Gasteiger partial charge on any atom is -0.00199 e. The number of hydrogen-bond acceptors (Lipinski definition) is 0. The highest BCUT2D eigenvalue weighted by atomic mass is 14.2. The molecule has 0 N–H and O–H groups in total. The Morgan fingerprint density at radius 1 is 0.452 bits per heavy atom. The van der Waals surface area contributed by atoms with Crippen LogP contribution in [0.3, 0.4) is 0 Å². The molecule has 0 atom stereocenters. The molecule has 0 radical (unpaired) electrons. The van der Waals surface area contributed by atoms with E-state index >= 15 is 0 Å².